The van der Waals surface area contributed by atoms with Crippen LogP contribution in [0.2, 0.25) is 5.02 Å². The van der Waals surface area contributed by atoms with Crippen LogP contribution >= 0.6 is 11.6 Å². The molecule has 0 saturated carbocycles. The standard InChI is InChI=1S/C25H20ClN5O/c1-2-31-23-6-4-3-5-19(23)20-13-16(7-12-24(20)31)15-27-30-25(32)22-14-21(28-29-22)17-8-10-18(26)11-9-17/h3-15H,2H2,1H3,(H,28,29)(H,30,32)/b27-15+. The maximum atomic E-state index is 12.4. The third-order valence-corrected chi connectivity index (χ3v) is 5.71. The maximum Gasteiger partial charge on any atom is 0.289 e. The Hall–Kier alpha value is -3.90. The molecule has 2 aromatic heterocycles. The number of hydrogen-bond acceptors (Lipinski definition) is 3. The number of aromatic amines is 1. The average Bonchev–Trinajstić information content (AvgIpc) is 3.43. The van der Waals surface area contributed by atoms with Gasteiger partial charge in [-0.1, -0.05) is 48.0 Å². The van der Waals surface area contributed by atoms with E-state index >= 15 is 0 Å². The van der Waals surface area contributed by atoms with E-state index in [-0.39, 0.29) is 5.91 Å². The van der Waals surface area contributed by atoms with Gasteiger partial charge >= 0.3 is 0 Å². The van der Waals surface area contributed by atoms with Gasteiger partial charge in [0.2, 0.25) is 0 Å². The highest BCUT2D eigenvalue weighted by atomic mass is 35.5. The van der Waals surface area contributed by atoms with E-state index in [4.69, 9.17) is 11.6 Å². The first kappa shape index (κ1) is 20.0. The van der Waals surface area contributed by atoms with E-state index in [9.17, 15) is 4.79 Å². The highest BCUT2D eigenvalue weighted by Gasteiger charge is 2.11. The van der Waals surface area contributed by atoms with E-state index in [1.165, 1.54) is 21.8 Å². The predicted molar refractivity (Wildman–Crippen MR) is 129 cm³/mol. The average molecular weight is 442 g/mol. The lowest BCUT2D eigenvalue weighted by Crippen LogP contribution is -2.17. The van der Waals surface area contributed by atoms with Gasteiger partial charge in [0.15, 0.2) is 0 Å². The Bertz CT molecular complexity index is 1460. The summed E-state index contributed by atoms with van der Waals surface area (Å²) in [5.41, 5.74) is 7.71. The molecular formula is C25H20ClN5O. The molecule has 0 aliphatic heterocycles. The Labute approximate surface area is 189 Å². The quantitative estimate of drug-likeness (QED) is 0.274. The molecule has 5 rings (SSSR count). The van der Waals surface area contributed by atoms with Crippen molar-refractivity contribution in [2.75, 3.05) is 0 Å². The van der Waals surface area contributed by atoms with Gasteiger partial charge in [-0.05, 0) is 48.9 Å². The van der Waals surface area contributed by atoms with Crippen LogP contribution in [0.5, 0.6) is 0 Å². The summed E-state index contributed by atoms with van der Waals surface area (Å²) in [5, 5.41) is 14.1. The normalized spacial score (nSPS) is 11.6. The summed E-state index contributed by atoms with van der Waals surface area (Å²) in [6.45, 7) is 3.04. The van der Waals surface area contributed by atoms with E-state index in [0.29, 0.717) is 16.4 Å². The molecule has 0 spiro atoms. The number of fused-ring (bicyclic) bond motifs is 3. The number of halogens is 1. The van der Waals surface area contributed by atoms with Gasteiger partial charge in [0.25, 0.3) is 5.91 Å². The largest absolute Gasteiger partial charge is 0.341 e. The molecule has 6 nitrogen and oxygen atoms in total. The number of carbonyl (C=O) groups excluding carboxylic acids is 1. The molecule has 3 aromatic carbocycles. The molecule has 2 heterocycles. The van der Waals surface area contributed by atoms with Crippen LogP contribution in [-0.2, 0) is 6.54 Å². The number of H-pyrrole nitrogens is 1. The summed E-state index contributed by atoms with van der Waals surface area (Å²) >= 11 is 5.92. The molecule has 5 aromatic rings. The molecule has 0 aliphatic rings. The Morgan fingerprint density at radius 2 is 1.84 bits per heavy atom. The fourth-order valence-electron chi connectivity index (χ4n) is 3.92. The van der Waals surface area contributed by atoms with Crippen molar-refractivity contribution in [1.29, 1.82) is 0 Å². The van der Waals surface area contributed by atoms with Crippen molar-refractivity contribution in [1.82, 2.24) is 20.2 Å². The van der Waals surface area contributed by atoms with Crippen molar-refractivity contribution in [3.8, 4) is 11.3 Å². The van der Waals surface area contributed by atoms with E-state index in [0.717, 1.165) is 17.7 Å². The van der Waals surface area contributed by atoms with Gasteiger partial charge in [0.1, 0.15) is 5.69 Å². The summed E-state index contributed by atoms with van der Waals surface area (Å²) in [6, 6.07) is 23.5. The van der Waals surface area contributed by atoms with Crippen molar-refractivity contribution in [3.63, 3.8) is 0 Å². The Balaban J connectivity index is 1.34. The summed E-state index contributed by atoms with van der Waals surface area (Å²) in [7, 11) is 0. The molecule has 2 N–H and O–H groups in total. The van der Waals surface area contributed by atoms with Crippen LogP contribution in [0, 0.1) is 0 Å². The Kier molecular flexibility index (Phi) is 5.21. The minimum Gasteiger partial charge on any atom is -0.341 e. The second kappa shape index (κ2) is 8.32. The molecule has 0 radical (unpaired) electrons. The fourth-order valence-corrected chi connectivity index (χ4v) is 4.05. The zero-order chi connectivity index (χ0) is 22.1. The highest BCUT2D eigenvalue weighted by molar-refractivity contribution is 6.30. The summed E-state index contributed by atoms with van der Waals surface area (Å²) in [5.74, 6) is -0.363. The molecule has 0 saturated heterocycles. The smallest absolute Gasteiger partial charge is 0.289 e. The first-order valence-corrected chi connectivity index (χ1v) is 10.7. The second-order valence-electron chi connectivity index (χ2n) is 7.41. The summed E-state index contributed by atoms with van der Waals surface area (Å²) < 4.78 is 2.30. The van der Waals surface area contributed by atoms with E-state index in [2.05, 4.69) is 62.5 Å². The van der Waals surface area contributed by atoms with Crippen molar-refractivity contribution < 1.29 is 4.79 Å². The first-order chi connectivity index (χ1) is 15.6. The van der Waals surface area contributed by atoms with Gasteiger partial charge in [0, 0.05) is 38.9 Å². The van der Waals surface area contributed by atoms with Crippen LogP contribution in [0.15, 0.2) is 77.9 Å². The van der Waals surface area contributed by atoms with Crippen LogP contribution in [0.3, 0.4) is 0 Å². The number of rotatable bonds is 5. The van der Waals surface area contributed by atoms with E-state index < -0.39 is 0 Å². The highest BCUT2D eigenvalue weighted by Crippen LogP contribution is 2.29. The number of aromatic nitrogens is 3. The molecular weight excluding hydrogens is 422 g/mol. The Morgan fingerprint density at radius 3 is 2.66 bits per heavy atom. The van der Waals surface area contributed by atoms with Crippen LogP contribution in [-0.4, -0.2) is 26.9 Å². The molecule has 158 valence electrons. The van der Waals surface area contributed by atoms with Crippen molar-refractivity contribution in [3.05, 3.63) is 89.1 Å². The SMILES string of the molecule is CCn1c2ccccc2c2cc(/C=N/NC(=O)c3cc(-c4ccc(Cl)cc4)n[nH]3)ccc21. The fraction of sp³-hybridized carbons (Fsp3) is 0.0800. The maximum absolute atomic E-state index is 12.4. The lowest BCUT2D eigenvalue weighted by molar-refractivity contribution is 0.0950. The number of hydrogen-bond donors (Lipinski definition) is 2. The van der Waals surface area contributed by atoms with Crippen molar-refractivity contribution >= 4 is 45.5 Å². The molecule has 0 aliphatic carbocycles. The minimum absolute atomic E-state index is 0.327. The number of para-hydroxylation sites is 1. The third kappa shape index (κ3) is 3.65. The van der Waals surface area contributed by atoms with E-state index in [1.54, 1.807) is 24.4 Å². The second-order valence-corrected chi connectivity index (χ2v) is 7.85. The van der Waals surface area contributed by atoms with Gasteiger partial charge in [-0.2, -0.15) is 10.2 Å². The molecule has 0 fully saturated rings. The number of nitrogens with one attached hydrogen (secondary N) is 2. The molecule has 0 bridgehead atoms. The Morgan fingerprint density at radius 1 is 1.06 bits per heavy atom. The predicted octanol–water partition coefficient (Wildman–Crippen LogP) is 5.62. The summed E-state index contributed by atoms with van der Waals surface area (Å²) in [6.07, 6.45) is 1.64. The lowest BCUT2D eigenvalue weighted by Gasteiger charge is -2.02. The summed E-state index contributed by atoms with van der Waals surface area (Å²) in [4.78, 5) is 12.4. The van der Waals surface area contributed by atoms with Crippen molar-refractivity contribution in [2.24, 2.45) is 5.10 Å². The van der Waals surface area contributed by atoms with Gasteiger partial charge in [-0.25, -0.2) is 5.43 Å². The number of amides is 1. The number of hydrazone groups is 1. The van der Waals surface area contributed by atoms with Crippen LogP contribution in [0.25, 0.3) is 33.1 Å². The molecule has 1 amide bonds. The molecule has 0 atom stereocenters. The zero-order valence-corrected chi connectivity index (χ0v) is 18.1. The van der Waals surface area contributed by atoms with Gasteiger partial charge in [-0.3, -0.25) is 9.89 Å². The number of nitrogens with zero attached hydrogens (tertiary/aromatic N) is 3. The molecule has 7 heteroatoms. The van der Waals surface area contributed by atoms with Gasteiger partial charge < -0.3 is 4.57 Å². The molecule has 0 unspecified atom stereocenters. The van der Waals surface area contributed by atoms with Crippen LogP contribution < -0.4 is 5.43 Å². The number of aryl methyl sites for hydroxylation is 1. The number of carbonyl (C=O) groups is 1. The van der Waals surface area contributed by atoms with E-state index in [1.807, 2.05) is 24.3 Å². The monoisotopic (exact) mass is 441 g/mol. The lowest BCUT2D eigenvalue weighted by atomic mass is 10.1. The zero-order valence-electron chi connectivity index (χ0n) is 17.3. The van der Waals surface area contributed by atoms with Gasteiger partial charge in [0.05, 0.1) is 11.9 Å². The van der Waals surface area contributed by atoms with Crippen molar-refractivity contribution in [2.45, 2.75) is 13.5 Å². The number of benzene rings is 3. The first-order valence-electron chi connectivity index (χ1n) is 10.3. The van der Waals surface area contributed by atoms with Crippen LogP contribution in [0.4, 0.5) is 0 Å². The topological polar surface area (TPSA) is 75.1 Å². The molecule has 32 heavy (non-hydrogen) atoms. The van der Waals surface area contributed by atoms with Crippen LogP contribution in [0.1, 0.15) is 23.0 Å². The minimum atomic E-state index is -0.363. The van der Waals surface area contributed by atoms with Gasteiger partial charge in [-0.15, -0.1) is 0 Å². The third-order valence-electron chi connectivity index (χ3n) is 5.45.